The van der Waals surface area contributed by atoms with Crippen LogP contribution in [0.3, 0.4) is 0 Å². The van der Waals surface area contributed by atoms with Crippen LogP contribution in [0.15, 0.2) is 109 Å². The number of hydrogen-bond acceptors (Lipinski definition) is 6. The Morgan fingerprint density at radius 2 is 0.788 bits per heavy atom. The molecule has 8 heteroatoms. The highest BCUT2D eigenvalue weighted by Crippen LogP contribution is 2.41. The van der Waals surface area contributed by atoms with E-state index in [1.807, 2.05) is 88.4 Å². The van der Waals surface area contributed by atoms with Gasteiger partial charge in [-0.05, 0) is 150 Å². The molecule has 0 saturated heterocycles. The highest BCUT2D eigenvalue weighted by molar-refractivity contribution is 6.36. The van der Waals surface area contributed by atoms with E-state index in [1.165, 1.54) is 9.80 Å². The predicted molar refractivity (Wildman–Crippen MR) is 206 cm³/mol. The van der Waals surface area contributed by atoms with Crippen molar-refractivity contribution in [3.8, 4) is 33.4 Å². The highest BCUT2D eigenvalue weighted by Gasteiger charge is 2.39. The van der Waals surface area contributed by atoms with Crippen molar-refractivity contribution in [2.75, 3.05) is 21.3 Å². The summed E-state index contributed by atoms with van der Waals surface area (Å²) in [5.41, 5.74) is 24.1. The average Bonchev–Trinajstić information content (AvgIpc) is 3.54. The first kappa shape index (κ1) is 32.4. The van der Waals surface area contributed by atoms with Gasteiger partial charge in [0.05, 0.1) is 33.6 Å². The lowest BCUT2D eigenvalue weighted by Crippen LogP contribution is -2.30. The molecule has 6 aromatic rings. The van der Waals surface area contributed by atoms with Crippen molar-refractivity contribution >= 4 is 46.4 Å². The summed E-state index contributed by atoms with van der Waals surface area (Å²) in [5, 5.41) is 0. The van der Waals surface area contributed by atoms with E-state index in [0.29, 0.717) is 45.0 Å². The van der Waals surface area contributed by atoms with Crippen molar-refractivity contribution in [1.29, 1.82) is 0 Å². The minimum absolute atomic E-state index is 0.358. The monoisotopic (exact) mass is 682 g/mol. The van der Waals surface area contributed by atoms with E-state index in [-0.39, 0.29) is 23.6 Å². The maximum Gasteiger partial charge on any atom is 0.266 e. The minimum atomic E-state index is -0.370. The molecule has 52 heavy (non-hydrogen) atoms. The molecule has 0 fully saturated rings. The van der Waals surface area contributed by atoms with Gasteiger partial charge in [-0.25, -0.2) is 9.80 Å². The quantitative estimate of drug-likeness (QED) is 0.138. The lowest BCUT2D eigenvalue weighted by atomic mass is 9.91. The SMILES string of the molecule is Cc1cc(N2C(=O)c3ccc(-c4ccc(N)cc4)cc3C2=O)c(C)cc1-c1ccc(N2C(=O)c3ccc(-c4ccc(N)cc4)cc3C2=O)c(C)c1C. The van der Waals surface area contributed by atoms with E-state index in [1.54, 1.807) is 48.5 Å². The van der Waals surface area contributed by atoms with Crippen molar-refractivity contribution in [3.63, 3.8) is 0 Å². The van der Waals surface area contributed by atoms with E-state index in [0.717, 1.165) is 55.6 Å². The summed E-state index contributed by atoms with van der Waals surface area (Å²) >= 11 is 0. The third kappa shape index (κ3) is 4.99. The number of nitrogens with zero attached hydrogens (tertiary/aromatic N) is 2. The van der Waals surface area contributed by atoms with Crippen LogP contribution in [-0.2, 0) is 0 Å². The van der Waals surface area contributed by atoms with E-state index in [9.17, 15) is 19.2 Å². The predicted octanol–water partition coefficient (Wildman–Crippen LogP) is 8.69. The molecule has 0 bridgehead atoms. The van der Waals surface area contributed by atoms with E-state index in [2.05, 4.69) is 0 Å². The lowest BCUT2D eigenvalue weighted by Gasteiger charge is -2.22. The number of carbonyl (C=O) groups is 4. The van der Waals surface area contributed by atoms with Crippen molar-refractivity contribution in [1.82, 2.24) is 0 Å². The molecular formula is C44H34N4O4. The molecule has 0 spiro atoms. The number of nitrogens with two attached hydrogens (primary N) is 2. The van der Waals surface area contributed by atoms with Crippen molar-refractivity contribution in [2.45, 2.75) is 27.7 Å². The Labute approximate surface area is 300 Å². The second kappa shape index (κ2) is 11.9. The summed E-state index contributed by atoms with van der Waals surface area (Å²) in [6.07, 6.45) is 0. The summed E-state index contributed by atoms with van der Waals surface area (Å²) in [6.45, 7) is 7.71. The van der Waals surface area contributed by atoms with Crippen molar-refractivity contribution in [3.05, 3.63) is 154 Å². The second-order valence-corrected chi connectivity index (χ2v) is 13.5. The Morgan fingerprint density at radius 3 is 1.29 bits per heavy atom. The number of rotatable bonds is 5. The molecule has 0 aromatic heterocycles. The van der Waals surface area contributed by atoms with Gasteiger partial charge in [0.25, 0.3) is 23.6 Å². The molecule has 0 radical (unpaired) electrons. The maximum atomic E-state index is 13.8. The maximum absolute atomic E-state index is 13.8. The molecule has 6 aromatic carbocycles. The van der Waals surface area contributed by atoms with Crippen LogP contribution in [0, 0.1) is 27.7 Å². The molecule has 4 amide bonds. The van der Waals surface area contributed by atoms with Crippen molar-refractivity contribution < 1.29 is 19.2 Å². The topological polar surface area (TPSA) is 127 Å². The largest absolute Gasteiger partial charge is 0.399 e. The fourth-order valence-electron chi connectivity index (χ4n) is 7.30. The molecular weight excluding hydrogens is 649 g/mol. The molecule has 0 atom stereocenters. The average molecular weight is 683 g/mol. The normalized spacial score (nSPS) is 13.6. The molecule has 0 saturated carbocycles. The third-order valence-corrected chi connectivity index (χ3v) is 10.3. The van der Waals surface area contributed by atoms with Gasteiger partial charge in [-0.3, -0.25) is 19.2 Å². The highest BCUT2D eigenvalue weighted by atomic mass is 16.2. The number of amides is 4. The zero-order chi connectivity index (χ0) is 36.6. The van der Waals surface area contributed by atoms with Crippen molar-refractivity contribution in [2.24, 2.45) is 0 Å². The molecule has 2 aliphatic heterocycles. The van der Waals surface area contributed by atoms with E-state index >= 15 is 0 Å². The molecule has 0 aliphatic carbocycles. The number of carbonyl (C=O) groups excluding carboxylic acids is 4. The first-order chi connectivity index (χ1) is 24.9. The Balaban J connectivity index is 1.10. The number of imide groups is 2. The first-order valence-corrected chi connectivity index (χ1v) is 16.9. The van der Waals surface area contributed by atoms with Gasteiger partial charge in [0.1, 0.15) is 0 Å². The number of aryl methyl sites for hydroxylation is 2. The Bertz CT molecular complexity index is 2430. The van der Waals surface area contributed by atoms with Crippen LogP contribution >= 0.6 is 0 Å². The minimum Gasteiger partial charge on any atom is -0.399 e. The zero-order valence-corrected chi connectivity index (χ0v) is 29.1. The van der Waals surface area contributed by atoms with Crippen LogP contribution in [-0.4, -0.2) is 23.6 Å². The molecule has 2 aliphatic rings. The second-order valence-electron chi connectivity index (χ2n) is 13.5. The van der Waals surface area contributed by atoms with Gasteiger partial charge >= 0.3 is 0 Å². The molecule has 8 rings (SSSR count). The lowest BCUT2D eigenvalue weighted by molar-refractivity contribution is 0.0910. The fraction of sp³-hybridized carbons (Fsp3) is 0.0909. The van der Waals surface area contributed by atoms with Crippen LogP contribution in [0.25, 0.3) is 33.4 Å². The summed E-state index contributed by atoms with van der Waals surface area (Å²) < 4.78 is 0. The standard InChI is InChI=1S/C44H34N4O4/c1-23-20-40(48-42(50)35-16-10-30(22-38(35)44(48)52)28-7-13-32(46)14-8-28)24(2)19-36(23)33-17-18-39(26(4)25(33)3)47-41(49)34-15-9-29(21-37(34)43(47)51)27-5-11-31(45)12-6-27/h5-22H,45-46H2,1-4H3. The van der Waals surface area contributed by atoms with Crippen LogP contribution < -0.4 is 21.3 Å². The molecule has 0 unspecified atom stereocenters. The molecule has 4 N–H and O–H groups in total. The van der Waals surface area contributed by atoms with Crippen LogP contribution in [0.4, 0.5) is 22.7 Å². The number of benzene rings is 6. The zero-order valence-electron chi connectivity index (χ0n) is 29.1. The van der Waals surface area contributed by atoms with Gasteiger partial charge in [0.2, 0.25) is 0 Å². The Hall–Kier alpha value is -6.80. The Kier molecular flexibility index (Phi) is 7.43. The van der Waals surface area contributed by atoms with Crippen LogP contribution in [0.1, 0.15) is 63.7 Å². The summed E-state index contributed by atoms with van der Waals surface area (Å²) in [6, 6.07) is 33.0. The van der Waals surface area contributed by atoms with Crippen LogP contribution in [0.5, 0.6) is 0 Å². The van der Waals surface area contributed by atoms with Gasteiger partial charge in [0, 0.05) is 11.4 Å². The van der Waals surface area contributed by atoms with Crippen LogP contribution in [0.2, 0.25) is 0 Å². The van der Waals surface area contributed by atoms with Gasteiger partial charge in [0.15, 0.2) is 0 Å². The first-order valence-electron chi connectivity index (χ1n) is 16.9. The summed E-state index contributed by atoms with van der Waals surface area (Å²) in [7, 11) is 0. The number of anilines is 4. The van der Waals surface area contributed by atoms with Gasteiger partial charge in [-0.15, -0.1) is 0 Å². The van der Waals surface area contributed by atoms with Gasteiger partial charge < -0.3 is 11.5 Å². The number of nitrogen functional groups attached to an aromatic ring is 2. The van der Waals surface area contributed by atoms with Gasteiger partial charge in [-0.2, -0.15) is 0 Å². The fourth-order valence-corrected chi connectivity index (χ4v) is 7.30. The smallest absolute Gasteiger partial charge is 0.266 e. The van der Waals surface area contributed by atoms with E-state index in [4.69, 9.17) is 11.5 Å². The van der Waals surface area contributed by atoms with Gasteiger partial charge in [-0.1, -0.05) is 42.5 Å². The summed E-state index contributed by atoms with van der Waals surface area (Å²) in [4.78, 5) is 57.4. The number of fused-ring (bicyclic) bond motifs is 2. The summed E-state index contributed by atoms with van der Waals surface area (Å²) in [5.74, 6) is -1.47. The molecule has 2 heterocycles. The molecule has 8 nitrogen and oxygen atoms in total. The third-order valence-electron chi connectivity index (χ3n) is 10.3. The van der Waals surface area contributed by atoms with E-state index < -0.39 is 0 Å². The Morgan fingerprint density at radius 1 is 0.365 bits per heavy atom. The number of hydrogen-bond donors (Lipinski definition) is 2. The molecule has 254 valence electrons.